The second kappa shape index (κ2) is 8.12. The molecule has 26 heavy (non-hydrogen) atoms. The monoisotopic (exact) mass is 386 g/mol. The number of thiazole rings is 1. The van der Waals surface area contributed by atoms with Crippen LogP contribution in [0.1, 0.15) is 17.3 Å². The number of halogens is 1. The molecule has 3 rings (SSSR count). The molecule has 5 nitrogen and oxygen atoms in total. The molecule has 0 saturated heterocycles. The van der Waals surface area contributed by atoms with Crippen molar-refractivity contribution in [3.8, 4) is 10.6 Å². The van der Waals surface area contributed by atoms with Crippen LogP contribution in [-0.4, -0.2) is 22.0 Å². The zero-order valence-corrected chi connectivity index (χ0v) is 15.1. The Hall–Kier alpha value is -2.70. The summed E-state index contributed by atoms with van der Waals surface area (Å²) in [5.74, 6) is -1.50. The van der Waals surface area contributed by atoms with E-state index in [1.54, 1.807) is 47.8 Å². The summed E-state index contributed by atoms with van der Waals surface area (Å²) in [4.78, 5) is 28.2. The van der Waals surface area contributed by atoms with E-state index < -0.39 is 17.9 Å². The molecule has 0 aliphatic heterocycles. The van der Waals surface area contributed by atoms with E-state index in [9.17, 15) is 14.7 Å². The third-order valence-electron chi connectivity index (χ3n) is 3.67. The van der Waals surface area contributed by atoms with Crippen molar-refractivity contribution in [2.24, 2.45) is 0 Å². The fourth-order valence-corrected chi connectivity index (χ4v) is 3.37. The van der Waals surface area contributed by atoms with Gasteiger partial charge in [0.1, 0.15) is 5.01 Å². The third kappa shape index (κ3) is 4.47. The highest BCUT2D eigenvalue weighted by molar-refractivity contribution is 7.13. The third-order valence-corrected chi connectivity index (χ3v) is 4.86. The smallest absolute Gasteiger partial charge is 0.330 e. The first kappa shape index (κ1) is 18.1. The van der Waals surface area contributed by atoms with Gasteiger partial charge in [0.25, 0.3) is 0 Å². The van der Waals surface area contributed by atoms with Gasteiger partial charge in [-0.2, -0.15) is 0 Å². The first-order valence-corrected chi connectivity index (χ1v) is 9.06. The second-order valence-corrected chi connectivity index (χ2v) is 6.87. The van der Waals surface area contributed by atoms with Gasteiger partial charge in [-0.05, 0) is 17.7 Å². The number of nitrogens with one attached hydrogen (secondary N) is 1. The molecule has 0 bridgehead atoms. The van der Waals surface area contributed by atoms with Gasteiger partial charge < -0.3 is 10.4 Å². The van der Waals surface area contributed by atoms with Gasteiger partial charge >= 0.3 is 5.97 Å². The van der Waals surface area contributed by atoms with E-state index in [0.29, 0.717) is 16.3 Å². The van der Waals surface area contributed by atoms with Gasteiger partial charge in [0.05, 0.1) is 12.1 Å². The first-order valence-electron chi connectivity index (χ1n) is 7.80. The molecule has 1 atom stereocenters. The molecule has 132 valence electrons. The molecule has 0 spiro atoms. The van der Waals surface area contributed by atoms with E-state index in [1.165, 1.54) is 11.3 Å². The van der Waals surface area contributed by atoms with E-state index in [1.807, 2.05) is 12.1 Å². The maximum absolute atomic E-state index is 12.3. The van der Waals surface area contributed by atoms with Crippen molar-refractivity contribution in [2.45, 2.75) is 12.5 Å². The molecule has 1 heterocycles. The maximum Gasteiger partial charge on any atom is 0.330 e. The molecule has 1 aromatic heterocycles. The number of hydrogen-bond acceptors (Lipinski definition) is 4. The quantitative estimate of drug-likeness (QED) is 0.672. The summed E-state index contributed by atoms with van der Waals surface area (Å²) in [6, 6.07) is 14.8. The first-order chi connectivity index (χ1) is 12.5. The van der Waals surface area contributed by atoms with Gasteiger partial charge in [-0.15, -0.1) is 11.3 Å². The van der Waals surface area contributed by atoms with Gasteiger partial charge in [-0.3, -0.25) is 4.79 Å². The summed E-state index contributed by atoms with van der Waals surface area (Å²) in [7, 11) is 0. The maximum atomic E-state index is 12.3. The summed E-state index contributed by atoms with van der Waals surface area (Å²) >= 11 is 7.30. The Balaban J connectivity index is 1.68. The van der Waals surface area contributed by atoms with Crippen LogP contribution in [-0.2, 0) is 16.0 Å². The van der Waals surface area contributed by atoms with E-state index in [-0.39, 0.29) is 6.42 Å². The van der Waals surface area contributed by atoms with Gasteiger partial charge in [0.2, 0.25) is 5.91 Å². The topological polar surface area (TPSA) is 79.3 Å². The molecule has 3 aromatic rings. The molecule has 0 fully saturated rings. The van der Waals surface area contributed by atoms with Crippen LogP contribution in [0.3, 0.4) is 0 Å². The number of carboxylic acids is 1. The standard InChI is InChI=1S/C19H15ClN2O3S/c20-14-8-6-13(7-9-14)18-21-15(11-26-18)10-16(23)22-17(19(24)25)12-4-2-1-3-5-12/h1-9,11,17H,10H2,(H,22,23)(H,24,25). The number of amides is 1. The number of aromatic nitrogens is 1. The Kier molecular flexibility index (Phi) is 5.65. The Bertz CT molecular complexity index is 910. The Morgan fingerprint density at radius 3 is 2.46 bits per heavy atom. The second-order valence-electron chi connectivity index (χ2n) is 5.58. The summed E-state index contributed by atoms with van der Waals surface area (Å²) < 4.78 is 0. The normalized spacial score (nSPS) is 11.7. The molecular formula is C19H15ClN2O3S. The highest BCUT2D eigenvalue weighted by Crippen LogP contribution is 2.25. The van der Waals surface area contributed by atoms with Crippen molar-refractivity contribution in [3.05, 3.63) is 76.3 Å². The molecule has 0 saturated carbocycles. The number of aliphatic carboxylic acids is 1. The Morgan fingerprint density at radius 1 is 1.12 bits per heavy atom. The minimum absolute atomic E-state index is 0.0146. The number of rotatable bonds is 6. The predicted molar refractivity (Wildman–Crippen MR) is 101 cm³/mol. The van der Waals surface area contributed by atoms with Crippen molar-refractivity contribution >= 4 is 34.8 Å². The fourth-order valence-electron chi connectivity index (χ4n) is 2.42. The van der Waals surface area contributed by atoms with Crippen LogP contribution >= 0.6 is 22.9 Å². The van der Waals surface area contributed by atoms with Crippen LogP contribution in [0.15, 0.2) is 60.0 Å². The molecule has 0 radical (unpaired) electrons. The highest BCUT2D eigenvalue weighted by Gasteiger charge is 2.22. The van der Waals surface area contributed by atoms with Gasteiger partial charge in [0.15, 0.2) is 6.04 Å². The molecule has 2 N–H and O–H groups in total. The lowest BCUT2D eigenvalue weighted by molar-refractivity contribution is -0.142. The summed E-state index contributed by atoms with van der Waals surface area (Å²) in [5.41, 5.74) is 2.03. The number of hydrogen-bond donors (Lipinski definition) is 2. The number of carboxylic acid groups (broad SMARTS) is 1. The molecule has 1 unspecified atom stereocenters. The molecule has 0 aliphatic carbocycles. The van der Waals surface area contributed by atoms with Crippen molar-refractivity contribution in [2.75, 3.05) is 0 Å². The summed E-state index contributed by atoms with van der Waals surface area (Å²) in [5, 5.41) is 15.1. The Labute approximate surface area is 159 Å². The van der Waals surface area contributed by atoms with E-state index in [2.05, 4.69) is 10.3 Å². The number of carbonyl (C=O) groups is 2. The van der Waals surface area contributed by atoms with Gasteiger partial charge in [-0.25, -0.2) is 9.78 Å². The van der Waals surface area contributed by atoms with Crippen LogP contribution < -0.4 is 5.32 Å². The number of benzene rings is 2. The van der Waals surface area contributed by atoms with Crippen LogP contribution in [0.25, 0.3) is 10.6 Å². The zero-order valence-electron chi connectivity index (χ0n) is 13.6. The van der Waals surface area contributed by atoms with Crippen molar-refractivity contribution in [1.82, 2.24) is 10.3 Å². The minimum Gasteiger partial charge on any atom is -0.479 e. The number of carbonyl (C=O) groups excluding carboxylic acids is 1. The molecular weight excluding hydrogens is 372 g/mol. The van der Waals surface area contributed by atoms with E-state index >= 15 is 0 Å². The van der Waals surface area contributed by atoms with Gasteiger partial charge in [0, 0.05) is 16.0 Å². The fraction of sp³-hybridized carbons (Fsp3) is 0.105. The van der Waals surface area contributed by atoms with Crippen molar-refractivity contribution in [1.29, 1.82) is 0 Å². The lowest BCUT2D eigenvalue weighted by Crippen LogP contribution is -2.34. The van der Waals surface area contributed by atoms with Crippen LogP contribution in [0.5, 0.6) is 0 Å². The SMILES string of the molecule is O=C(Cc1csc(-c2ccc(Cl)cc2)n1)NC(C(=O)O)c1ccccc1. The van der Waals surface area contributed by atoms with Crippen LogP contribution in [0.4, 0.5) is 0 Å². The molecule has 1 amide bonds. The average Bonchev–Trinajstić information content (AvgIpc) is 3.09. The summed E-state index contributed by atoms with van der Waals surface area (Å²) in [6.07, 6.45) is 0.0146. The van der Waals surface area contributed by atoms with Gasteiger partial charge in [-0.1, -0.05) is 54.1 Å². The molecule has 0 aliphatic rings. The van der Waals surface area contributed by atoms with Crippen LogP contribution in [0, 0.1) is 0 Å². The van der Waals surface area contributed by atoms with Crippen molar-refractivity contribution < 1.29 is 14.7 Å². The summed E-state index contributed by atoms with van der Waals surface area (Å²) in [6.45, 7) is 0. The van der Waals surface area contributed by atoms with Crippen LogP contribution in [0.2, 0.25) is 5.02 Å². The Morgan fingerprint density at radius 2 is 1.81 bits per heavy atom. The van der Waals surface area contributed by atoms with E-state index in [4.69, 9.17) is 11.6 Å². The lowest BCUT2D eigenvalue weighted by atomic mass is 10.1. The van der Waals surface area contributed by atoms with Crippen molar-refractivity contribution in [3.63, 3.8) is 0 Å². The van der Waals surface area contributed by atoms with E-state index in [0.717, 1.165) is 10.6 Å². The molecule has 2 aromatic carbocycles. The average molecular weight is 387 g/mol. The predicted octanol–water partition coefficient (Wildman–Crippen LogP) is 3.95. The molecule has 7 heteroatoms. The number of nitrogens with zero attached hydrogens (tertiary/aromatic N) is 1. The largest absolute Gasteiger partial charge is 0.479 e. The minimum atomic E-state index is -1.11. The zero-order chi connectivity index (χ0) is 18.5. The highest BCUT2D eigenvalue weighted by atomic mass is 35.5. The lowest BCUT2D eigenvalue weighted by Gasteiger charge is -2.14.